The number of furan rings is 1. The lowest BCUT2D eigenvalue weighted by molar-refractivity contribution is -0.116. The molecule has 0 atom stereocenters. The highest BCUT2D eigenvalue weighted by Crippen LogP contribution is 2.11. The van der Waals surface area contributed by atoms with Gasteiger partial charge in [0.05, 0.1) is 13.2 Å². The van der Waals surface area contributed by atoms with Crippen LogP contribution in [-0.4, -0.2) is 25.7 Å². The van der Waals surface area contributed by atoms with Crippen LogP contribution in [0.25, 0.3) is 6.08 Å². The van der Waals surface area contributed by atoms with Gasteiger partial charge >= 0.3 is 0 Å². The number of hydrogen-bond acceptors (Lipinski definition) is 3. The van der Waals surface area contributed by atoms with Crippen molar-refractivity contribution in [2.75, 3.05) is 19.8 Å². The van der Waals surface area contributed by atoms with E-state index in [9.17, 15) is 4.79 Å². The van der Waals surface area contributed by atoms with Crippen LogP contribution < -0.4 is 5.32 Å². The van der Waals surface area contributed by atoms with Gasteiger partial charge in [-0.05, 0) is 38.0 Å². The number of rotatable bonds is 5. The summed E-state index contributed by atoms with van der Waals surface area (Å²) in [7, 11) is 0. The monoisotopic (exact) mass is 261 g/mol. The van der Waals surface area contributed by atoms with Gasteiger partial charge in [0.1, 0.15) is 11.5 Å². The summed E-state index contributed by atoms with van der Waals surface area (Å²) in [5.74, 6) is 1.44. The average Bonchev–Trinajstić information content (AvgIpc) is 2.83. The van der Waals surface area contributed by atoms with E-state index in [2.05, 4.69) is 11.4 Å². The molecule has 0 aliphatic carbocycles. The summed E-state index contributed by atoms with van der Waals surface area (Å²) < 4.78 is 10.6. The van der Waals surface area contributed by atoms with Gasteiger partial charge < -0.3 is 14.5 Å². The minimum atomic E-state index is -0.0956. The van der Waals surface area contributed by atoms with Crippen LogP contribution in [0.3, 0.4) is 0 Å². The van der Waals surface area contributed by atoms with Gasteiger partial charge in [-0.15, -0.1) is 0 Å². The van der Waals surface area contributed by atoms with E-state index in [-0.39, 0.29) is 5.91 Å². The number of ether oxygens (including phenoxy) is 1. The molecule has 0 spiro atoms. The number of carbonyl (C=O) groups is 1. The van der Waals surface area contributed by atoms with Crippen molar-refractivity contribution < 1.29 is 13.9 Å². The molecular formula is C15H19NO3. The molecule has 0 unspecified atom stereocenters. The van der Waals surface area contributed by atoms with Crippen molar-refractivity contribution in [3.05, 3.63) is 41.4 Å². The lowest BCUT2D eigenvalue weighted by atomic mass is 10.1. The van der Waals surface area contributed by atoms with E-state index in [1.54, 1.807) is 6.08 Å². The first-order valence-electron chi connectivity index (χ1n) is 6.52. The van der Waals surface area contributed by atoms with Crippen molar-refractivity contribution >= 4 is 12.0 Å². The maximum absolute atomic E-state index is 11.6. The number of amides is 1. The summed E-state index contributed by atoms with van der Waals surface area (Å²) in [6.07, 6.45) is 7.13. The van der Waals surface area contributed by atoms with Crippen LogP contribution in [0.15, 0.2) is 34.3 Å². The summed E-state index contributed by atoms with van der Waals surface area (Å²) in [6.45, 7) is 4.02. The standard InChI is InChI=1S/C15H19NO3/c1-12-2-3-14(19-12)4-5-15(17)16-9-6-13-7-10-18-11-8-13/h2-5,7H,6,8-11H2,1H3,(H,16,17). The zero-order valence-corrected chi connectivity index (χ0v) is 11.1. The highest BCUT2D eigenvalue weighted by molar-refractivity contribution is 5.91. The lowest BCUT2D eigenvalue weighted by Gasteiger charge is -2.13. The largest absolute Gasteiger partial charge is 0.462 e. The fourth-order valence-electron chi connectivity index (χ4n) is 1.90. The fourth-order valence-corrected chi connectivity index (χ4v) is 1.90. The van der Waals surface area contributed by atoms with Crippen LogP contribution in [-0.2, 0) is 9.53 Å². The second-order valence-electron chi connectivity index (χ2n) is 4.51. The first-order valence-corrected chi connectivity index (χ1v) is 6.52. The second kappa shape index (κ2) is 6.95. The first-order chi connectivity index (χ1) is 9.24. The topological polar surface area (TPSA) is 51.5 Å². The van der Waals surface area contributed by atoms with Gasteiger partial charge in [-0.3, -0.25) is 4.79 Å². The molecule has 0 fully saturated rings. The molecule has 0 bridgehead atoms. The third-order valence-electron chi connectivity index (χ3n) is 2.96. The van der Waals surface area contributed by atoms with E-state index in [0.717, 1.165) is 25.2 Å². The van der Waals surface area contributed by atoms with Crippen molar-refractivity contribution in [2.45, 2.75) is 19.8 Å². The molecule has 1 aromatic heterocycles. The number of aryl methyl sites for hydroxylation is 1. The molecule has 1 aliphatic heterocycles. The smallest absolute Gasteiger partial charge is 0.244 e. The molecule has 4 heteroatoms. The summed E-state index contributed by atoms with van der Waals surface area (Å²) in [5, 5.41) is 2.86. The van der Waals surface area contributed by atoms with Gasteiger partial charge in [0.2, 0.25) is 5.91 Å². The van der Waals surface area contributed by atoms with E-state index in [1.165, 1.54) is 11.6 Å². The van der Waals surface area contributed by atoms with Crippen LogP contribution in [0.2, 0.25) is 0 Å². The lowest BCUT2D eigenvalue weighted by Crippen LogP contribution is -2.23. The van der Waals surface area contributed by atoms with Gasteiger partial charge in [0, 0.05) is 12.6 Å². The quantitative estimate of drug-likeness (QED) is 0.654. The van der Waals surface area contributed by atoms with Crippen LogP contribution in [0.5, 0.6) is 0 Å². The van der Waals surface area contributed by atoms with Gasteiger partial charge in [-0.2, -0.15) is 0 Å². The van der Waals surface area contributed by atoms with Crippen molar-refractivity contribution in [2.24, 2.45) is 0 Å². The predicted octanol–water partition coefficient (Wildman–Crippen LogP) is 2.45. The summed E-state index contributed by atoms with van der Waals surface area (Å²) in [4.78, 5) is 11.6. The number of carbonyl (C=O) groups excluding carboxylic acids is 1. The Kier molecular flexibility index (Phi) is 4.98. The van der Waals surface area contributed by atoms with E-state index in [1.807, 2.05) is 19.1 Å². The Morgan fingerprint density at radius 3 is 3.05 bits per heavy atom. The molecule has 0 saturated carbocycles. The molecule has 4 nitrogen and oxygen atoms in total. The highest BCUT2D eigenvalue weighted by Gasteiger charge is 2.04. The SMILES string of the molecule is Cc1ccc(C=CC(=O)NCCC2=CCOCC2)o1. The van der Waals surface area contributed by atoms with Crippen molar-refractivity contribution in [3.63, 3.8) is 0 Å². The van der Waals surface area contributed by atoms with Gasteiger partial charge in [0.25, 0.3) is 0 Å². The third-order valence-corrected chi connectivity index (χ3v) is 2.96. The summed E-state index contributed by atoms with van der Waals surface area (Å²) in [6, 6.07) is 3.71. The highest BCUT2D eigenvalue weighted by atomic mass is 16.5. The molecule has 1 N–H and O–H groups in total. The molecule has 0 radical (unpaired) electrons. The third kappa shape index (κ3) is 4.75. The van der Waals surface area contributed by atoms with Crippen LogP contribution in [0, 0.1) is 6.92 Å². The molecule has 102 valence electrons. The molecular weight excluding hydrogens is 242 g/mol. The predicted molar refractivity (Wildman–Crippen MR) is 73.6 cm³/mol. The maximum atomic E-state index is 11.6. The average molecular weight is 261 g/mol. The van der Waals surface area contributed by atoms with Crippen LogP contribution in [0.4, 0.5) is 0 Å². The van der Waals surface area contributed by atoms with Crippen molar-refractivity contribution in [3.8, 4) is 0 Å². The maximum Gasteiger partial charge on any atom is 0.244 e. The Hall–Kier alpha value is -1.81. The Morgan fingerprint density at radius 2 is 2.37 bits per heavy atom. The molecule has 0 saturated heterocycles. The summed E-state index contributed by atoms with van der Waals surface area (Å²) >= 11 is 0. The molecule has 1 aromatic rings. The molecule has 1 amide bonds. The first kappa shape index (κ1) is 13.6. The zero-order chi connectivity index (χ0) is 13.5. The zero-order valence-electron chi connectivity index (χ0n) is 11.1. The van der Waals surface area contributed by atoms with Crippen molar-refractivity contribution in [1.82, 2.24) is 5.32 Å². The van der Waals surface area contributed by atoms with Crippen LogP contribution >= 0.6 is 0 Å². The van der Waals surface area contributed by atoms with E-state index < -0.39 is 0 Å². The molecule has 2 heterocycles. The second-order valence-corrected chi connectivity index (χ2v) is 4.51. The van der Waals surface area contributed by atoms with Crippen molar-refractivity contribution in [1.29, 1.82) is 0 Å². The Morgan fingerprint density at radius 1 is 1.47 bits per heavy atom. The van der Waals surface area contributed by atoms with E-state index >= 15 is 0 Å². The Labute approximate surface area is 113 Å². The number of nitrogens with one attached hydrogen (secondary N) is 1. The number of hydrogen-bond donors (Lipinski definition) is 1. The van der Waals surface area contributed by atoms with E-state index in [0.29, 0.717) is 18.9 Å². The fraction of sp³-hybridized carbons (Fsp3) is 0.400. The van der Waals surface area contributed by atoms with E-state index in [4.69, 9.17) is 9.15 Å². The summed E-state index contributed by atoms with van der Waals surface area (Å²) in [5.41, 5.74) is 1.36. The Bertz CT molecular complexity index is 485. The minimum Gasteiger partial charge on any atom is -0.462 e. The molecule has 2 rings (SSSR count). The molecule has 0 aromatic carbocycles. The minimum absolute atomic E-state index is 0.0956. The molecule has 1 aliphatic rings. The Balaban J connectivity index is 1.69. The van der Waals surface area contributed by atoms with Crippen LogP contribution in [0.1, 0.15) is 24.4 Å². The van der Waals surface area contributed by atoms with Gasteiger partial charge in [-0.1, -0.05) is 11.6 Å². The van der Waals surface area contributed by atoms with Gasteiger partial charge in [-0.25, -0.2) is 0 Å². The molecule has 19 heavy (non-hydrogen) atoms. The normalized spacial score (nSPS) is 15.5. The van der Waals surface area contributed by atoms with Gasteiger partial charge in [0.15, 0.2) is 0 Å².